The average Bonchev–Trinajstić information content (AvgIpc) is 3.27. The molecular weight excluding hydrogens is 518 g/mol. The van der Waals surface area contributed by atoms with Crippen molar-refractivity contribution in [2.45, 2.75) is 50.4 Å². The molecule has 1 spiro atoms. The van der Waals surface area contributed by atoms with Crippen molar-refractivity contribution in [2.75, 3.05) is 26.9 Å². The Labute approximate surface area is 221 Å². The van der Waals surface area contributed by atoms with E-state index in [1.807, 2.05) is 6.92 Å². The van der Waals surface area contributed by atoms with Gasteiger partial charge >= 0.3 is 0 Å². The molecule has 11 nitrogen and oxygen atoms in total. The van der Waals surface area contributed by atoms with Crippen LogP contribution in [0.15, 0.2) is 34.3 Å². The Kier molecular flexibility index (Phi) is 7.02. The van der Waals surface area contributed by atoms with Crippen LogP contribution in [-0.2, 0) is 20.9 Å². The number of hydrogen-bond donors (Lipinski definition) is 2. The molecule has 5 rings (SSSR count). The Morgan fingerprint density at radius 2 is 2.10 bits per heavy atom. The zero-order valence-corrected chi connectivity index (χ0v) is 21.4. The van der Waals surface area contributed by atoms with Crippen molar-refractivity contribution in [3.63, 3.8) is 0 Å². The average molecular weight is 547 g/mol. The molecule has 3 atom stereocenters. The summed E-state index contributed by atoms with van der Waals surface area (Å²) in [5.74, 6) is -3.57. The van der Waals surface area contributed by atoms with Crippen molar-refractivity contribution >= 4 is 17.7 Å². The van der Waals surface area contributed by atoms with E-state index in [9.17, 15) is 28.3 Å². The number of fused-ring (bicyclic) bond motifs is 5. The smallest absolute Gasteiger partial charge is 0.274 e. The summed E-state index contributed by atoms with van der Waals surface area (Å²) in [5.41, 5.74) is -2.69. The van der Waals surface area contributed by atoms with E-state index in [0.29, 0.717) is 31.4 Å². The predicted octanol–water partition coefficient (Wildman–Crippen LogP) is 2.08. The van der Waals surface area contributed by atoms with E-state index < -0.39 is 51.8 Å². The highest BCUT2D eigenvalue weighted by Crippen LogP contribution is 2.46. The first kappa shape index (κ1) is 26.6. The summed E-state index contributed by atoms with van der Waals surface area (Å²) >= 11 is 0. The molecular formula is C26H28F2N4O7. The minimum atomic E-state index is -1.04. The number of nitrogens with one attached hydrogen (secondary N) is 1. The maximum absolute atomic E-state index is 14.0. The lowest BCUT2D eigenvalue weighted by Gasteiger charge is -2.41. The van der Waals surface area contributed by atoms with E-state index in [-0.39, 0.29) is 43.4 Å². The largest absolute Gasteiger partial charge is 0.503 e. The van der Waals surface area contributed by atoms with Crippen molar-refractivity contribution < 1.29 is 37.8 Å². The van der Waals surface area contributed by atoms with Crippen LogP contribution < -0.4 is 10.7 Å². The first-order valence-corrected chi connectivity index (χ1v) is 12.5. The minimum Gasteiger partial charge on any atom is -0.503 e. The fourth-order valence-corrected chi connectivity index (χ4v) is 5.34. The van der Waals surface area contributed by atoms with Crippen molar-refractivity contribution in [2.24, 2.45) is 5.16 Å². The van der Waals surface area contributed by atoms with Crippen LogP contribution in [0.2, 0.25) is 0 Å². The van der Waals surface area contributed by atoms with Gasteiger partial charge in [0.1, 0.15) is 23.8 Å². The molecule has 3 aliphatic rings. The van der Waals surface area contributed by atoms with E-state index in [2.05, 4.69) is 10.5 Å². The molecule has 0 saturated carbocycles. The lowest BCUT2D eigenvalue weighted by molar-refractivity contribution is -0.0655. The number of halogens is 2. The molecule has 2 N–H and O–H groups in total. The van der Waals surface area contributed by atoms with Gasteiger partial charge in [-0.2, -0.15) is 0 Å². The second-order valence-corrected chi connectivity index (χ2v) is 9.91. The predicted molar refractivity (Wildman–Crippen MR) is 132 cm³/mol. The van der Waals surface area contributed by atoms with Gasteiger partial charge in [0, 0.05) is 44.1 Å². The number of benzene rings is 1. The van der Waals surface area contributed by atoms with Gasteiger partial charge in [0.15, 0.2) is 17.0 Å². The summed E-state index contributed by atoms with van der Waals surface area (Å²) in [5, 5.41) is 17.4. The molecule has 0 radical (unpaired) electrons. The van der Waals surface area contributed by atoms with Gasteiger partial charge in [-0.3, -0.25) is 14.4 Å². The van der Waals surface area contributed by atoms with E-state index in [1.54, 1.807) is 12.0 Å². The Hall–Kier alpha value is -4.00. The monoisotopic (exact) mass is 546 g/mol. The van der Waals surface area contributed by atoms with Gasteiger partial charge in [-0.15, -0.1) is 0 Å². The lowest BCUT2D eigenvalue weighted by Crippen LogP contribution is -2.52. The van der Waals surface area contributed by atoms with Gasteiger partial charge in [0.05, 0.1) is 19.1 Å². The van der Waals surface area contributed by atoms with Crippen LogP contribution in [0.3, 0.4) is 0 Å². The molecule has 2 bridgehead atoms. The summed E-state index contributed by atoms with van der Waals surface area (Å²) in [6.07, 6.45) is 2.55. The number of hydrogen-bond acceptors (Lipinski definition) is 8. The van der Waals surface area contributed by atoms with Crippen molar-refractivity contribution in [1.29, 1.82) is 0 Å². The molecule has 1 fully saturated rings. The van der Waals surface area contributed by atoms with Crippen LogP contribution >= 0.6 is 0 Å². The van der Waals surface area contributed by atoms with Crippen LogP contribution in [0, 0.1) is 11.6 Å². The topological polar surface area (TPSA) is 132 Å². The fraction of sp³-hybridized carbons (Fsp3) is 0.462. The number of amides is 2. The minimum absolute atomic E-state index is 0.00655. The number of oxime groups is 1. The molecule has 3 aliphatic heterocycles. The van der Waals surface area contributed by atoms with Crippen LogP contribution in [0.5, 0.6) is 5.75 Å². The van der Waals surface area contributed by atoms with Crippen molar-refractivity contribution in [3.05, 3.63) is 63.1 Å². The molecule has 0 aliphatic carbocycles. The molecule has 13 heteroatoms. The molecule has 1 aromatic carbocycles. The van der Waals surface area contributed by atoms with Gasteiger partial charge in [-0.25, -0.2) is 8.78 Å². The highest BCUT2D eigenvalue weighted by molar-refractivity contribution is 5.99. The number of aromatic hydroxyl groups is 1. The Bertz CT molecular complexity index is 1410. The number of carbonyl (C=O) groups excluding carboxylic acids is 2. The number of pyridine rings is 1. The van der Waals surface area contributed by atoms with E-state index >= 15 is 0 Å². The fourth-order valence-electron chi connectivity index (χ4n) is 5.34. The lowest BCUT2D eigenvalue weighted by atomic mass is 9.85. The number of rotatable bonds is 6. The first-order valence-electron chi connectivity index (χ1n) is 12.5. The van der Waals surface area contributed by atoms with Gasteiger partial charge in [0.25, 0.3) is 11.8 Å². The summed E-state index contributed by atoms with van der Waals surface area (Å²) in [4.78, 5) is 47.0. The highest BCUT2D eigenvalue weighted by Gasteiger charge is 2.54. The van der Waals surface area contributed by atoms with E-state index in [0.717, 1.165) is 6.07 Å². The normalized spacial score (nSPS) is 23.6. The number of ether oxygens (including phenoxy) is 2. The quantitative estimate of drug-likeness (QED) is 0.531. The Morgan fingerprint density at radius 3 is 2.85 bits per heavy atom. The van der Waals surface area contributed by atoms with E-state index in [4.69, 9.17) is 14.3 Å². The Balaban J connectivity index is 1.49. The summed E-state index contributed by atoms with van der Waals surface area (Å²) in [6.45, 7) is 2.36. The van der Waals surface area contributed by atoms with Crippen molar-refractivity contribution in [1.82, 2.24) is 14.8 Å². The third kappa shape index (κ3) is 4.71. The van der Waals surface area contributed by atoms with Gasteiger partial charge in [-0.05, 0) is 25.8 Å². The maximum Gasteiger partial charge on any atom is 0.274 e. The summed E-state index contributed by atoms with van der Waals surface area (Å²) < 4.78 is 39.4. The number of aromatic nitrogens is 1. The molecule has 0 unspecified atom stereocenters. The standard InChI is InChI=1S/C26H28F2N4O7/c1-14-5-6-26(10-20(30-39-26)38-8-7-37-2)19-13-31(14)25(36)21-23(34)22(33)17(12-32(19)21)24(35)29-11-15-3-4-16(27)9-18(15)28/h3-4,9,12,14,19,34H,5-8,10-11,13H2,1-2H3,(H,29,35)/t14-,19+,26-/m0/s1. The van der Waals surface area contributed by atoms with Gasteiger partial charge in [0.2, 0.25) is 11.3 Å². The van der Waals surface area contributed by atoms with Crippen molar-refractivity contribution in [3.8, 4) is 5.75 Å². The molecule has 2 aromatic rings. The molecule has 1 saturated heterocycles. The molecule has 208 valence electrons. The highest BCUT2D eigenvalue weighted by atomic mass is 19.1. The zero-order chi connectivity index (χ0) is 27.9. The van der Waals surface area contributed by atoms with E-state index in [1.165, 1.54) is 16.8 Å². The SMILES string of the molecule is COCCOC1=NO[C@@]2(CC[C@H](C)N3C[C@H]2n2cc(C(=O)NCc4ccc(F)cc4F)c(=O)c(O)c2C3=O)C1. The second kappa shape index (κ2) is 10.3. The maximum atomic E-state index is 14.0. The van der Waals surface area contributed by atoms with Crippen LogP contribution in [0.25, 0.3) is 0 Å². The second-order valence-electron chi connectivity index (χ2n) is 9.91. The molecule has 39 heavy (non-hydrogen) atoms. The van der Waals surface area contributed by atoms with Crippen LogP contribution in [0.1, 0.15) is 58.6 Å². The third-order valence-corrected chi connectivity index (χ3v) is 7.54. The van der Waals surface area contributed by atoms with Gasteiger partial charge in [-0.1, -0.05) is 11.2 Å². The third-order valence-electron chi connectivity index (χ3n) is 7.54. The molecule has 4 heterocycles. The van der Waals surface area contributed by atoms with Crippen LogP contribution in [0.4, 0.5) is 8.78 Å². The Morgan fingerprint density at radius 1 is 1.31 bits per heavy atom. The number of methoxy groups -OCH3 is 1. The first-order chi connectivity index (χ1) is 18.6. The van der Waals surface area contributed by atoms with Gasteiger partial charge < -0.3 is 34.2 Å². The van der Waals surface area contributed by atoms with Crippen LogP contribution in [-0.4, -0.2) is 70.8 Å². The number of carbonyl (C=O) groups is 2. The summed E-state index contributed by atoms with van der Waals surface area (Å²) in [7, 11) is 1.55. The molecule has 2 amide bonds. The summed E-state index contributed by atoms with van der Waals surface area (Å²) in [6, 6.07) is 2.08. The zero-order valence-electron chi connectivity index (χ0n) is 21.4. The number of nitrogens with zero attached hydrogens (tertiary/aromatic N) is 3. The molecule has 1 aromatic heterocycles.